The van der Waals surface area contributed by atoms with Crippen molar-refractivity contribution in [2.45, 2.75) is 12.6 Å². The molecule has 0 aliphatic carbocycles. The number of hydrogen-bond acceptors (Lipinski definition) is 3. The molecule has 5 heteroatoms. The molecule has 3 N–H and O–H groups in total. The second kappa shape index (κ2) is 4.44. The molecule has 3 aromatic rings. The molecule has 5 nitrogen and oxygen atoms in total. The molecule has 0 saturated heterocycles. The predicted octanol–water partition coefficient (Wildman–Crippen LogP) is 1.37. The van der Waals surface area contributed by atoms with Crippen molar-refractivity contribution in [1.29, 1.82) is 0 Å². The van der Waals surface area contributed by atoms with Gasteiger partial charge in [-0.3, -0.25) is 5.73 Å². The van der Waals surface area contributed by atoms with Crippen LogP contribution in [0.25, 0.3) is 11.0 Å². The summed E-state index contributed by atoms with van der Waals surface area (Å²) in [5.74, 6) is 1.15. The SMILES string of the molecule is C[n+]1c(N)n(C[C@@H](O)c2ccco2)c2ccccc21. The molecular weight excluding hydrogens is 242 g/mol. The van der Waals surface area contributed by atoms with Crippen LogP contribution in [0.1, 0.15) is 11.9 Å². The van der Waals surface area contributed by atoms with E-state index in [1.165, 1.54) is 0 Å². The molecule has 1 atom stereocenters. The fraction of sp³-hybridized carbons (Fsp3) is 0.214. The van der Waals surface area contributed by atoms with Crippen molar-refractivity contribution in [2.75, 3.05) is 5.73 Å². The van der Waals surface area contributed by atoms with Gasteiger partial charge in [0.05, 0.1) is 13.3 Å². The maximum absolute atomic E-state index is 10.2. The van der Waals surface area contributed by atoms with Gasteiger partial charge in [0, 0.05) is 0 Å². The fourth-order valence-corrected chi connectivity index (χ4v) is 2.34. The van der Waals surface area contributed by atoms with Crippen LogP contribution in [0.2, 0.25) is 0 Å². The average molecular weight is 258 g/mol. The lowest BCUT2D eigenvalue weighted by Crippen LogP contribution is -2.31. The van der Waals surface area contributed by atoms with Crippen LogP contribution in [0.5, 0.6) is 0 Å². The largest absolute Gasteiger partial charge is 0.466 e. The number of hydrogen-bond donors (Lipinski definition) is 2. The molecule has 3 rings (SSSR count). The molecule has 0 fully saturated rings. The molecule has 2 aromatic heterocycles. The summed E-state index contributed by atoms with van der Waals surface area (Å²) in [7, 11) is 1.91. The lowest BCUT2D eigenvalue weighted by Gasteiger charge is -2.07. The number of nitrogen functional groups attached to an aromatic ring is 1. The highest BCUT2D eigenvalue weighted by atomic mass is 16.4. The summed E-state index contributed by atoms with van der Waals surface area (Å²) in [6.07, 6.45) is 0.837. The lowest BCUT2D eigenvalue weighted by molar-refractivity contribution is -0.630. The van der Waals surface area contributed by atoms with Gasteiger partial charge in [0.2, 0.25) is 0 Å². The molecule has 0 spiro atoms. The number of aliphatic hydroxyl groups is 1. The zero-order chi connectivity index (χ0) is 13.4. The zero-order valence-electron chi connectivity index (χ0n) is 10.7. The number of rotatable bonds is 3. The van der Waals surface area contributed by atoms with E-state index in [-0.39, 0.29) is 0 Å². The molecule has 0 aliphatic rings. The minimum atomic E-state index is -0.715. The highest BCUT2D eigenvalue weighted by molar-refractivity contribution is 5.73. The van der Waals surface area contributed by atoms with Gasteiger partial charge < -0.3 is 9.52 Å². The first-order valence-corrected chi connectivity index (χ1v) is 6.12. The standard InChI is InChI=1S/C14H15N3O2/c1-16-10-5-2-3-6-11(10)17(14(16)15)9-12(18)13-7-4-8-19-13/h2-8,12,15,18H,9H2,1H3/p+1/t12-/m1/s1. The van der Waals surface area contributed by atoms with E-state index in [0.717, 1.165) is 11.0 Å². The van der Waals surface area contributed by atoms with Gasteiger partial charge in [-0.2, -0.15) is 0 Å². The van der Waals surface area contributed by atoms with Crippen molar-refractivity contribution in [3.63, 3.8) is 0 Å². The first kappa shape index (κ1) is 11.8. The van der Waals surface area contributed by atoms with Crippen molar-refractivity contribution in [1.82, 2.24) is 4.57 Å². The Labute approximate surface area is 110 Å². The van der Waals surface area contributed by atoms with E-state index >= 15 is 0 Å². The minimum Gasteiger partial charge on any atom is -0.466 e. The number of nitrogens with two attached hydrogens (primary N) is 1. The second-order valence-corrected chi connectivity index (χ2v) is 4.55. The summed E-state index contributed by atoms with van der Waals surface area (Å²) >= 11 is 0. The number of aromatic nitrogens is 2. The van der Waals surface area contributed by atoms with E-state index in [0.29, 0.717) is 18.3 Å². The Hall–Kier alpha value is -2.27. The monoisotopic (exact) mass is 258 g/mol. The summed E-state index contributed by atoms with van der Waals surface area (Å²) in [6.45, 7) is 0.362. The maximum atomic E-state index is 10.2. The first-order chi connectivity index (χ1) is 9.18. The van der Waals surface area contributed by atoms with Gasteiger partial charge in [-0.1, -0.05) is 12.1 Å². The summed E-state index contributed by atoms with van der Waals surface area (Å²) in [4.78, 5) is 0. The average Bonchev–Trinajstić information content (AvgIpc) is 3.03. The third-order valence-electron chi connectivity index (χ3n) is 3.38. The van der Waals surface area contributed by atoms with E-state index < -0.39 is 6.10 Å². The lowest BCUT2D eigenvalue weighted by atomic mass is 10.2. The number of furan rings is 1. The number of fused-ring (bicyclic) bond motifs is 1. The number of para-hydroxylation sites is 2. The second-order valence-electron chi connectivity index (χ2n) is 4.55. The summed E-state index contributed by atoms with van der Waals surface area (Å²) in [5, 5.41) is 10.2. The third-order valence-corrected chi connectivity index (χ3v) is 3.38. The van der Waals surface area contributed by atoms with E-state index in [1.54, 1.807) is 18.4 Å². The van der Waals surface area contributed by atoms with E-state index in [9.17, 15) is 5.11 Å². The van der Waals surface area contributed by atoms with Crippen molar-refractivity contribution >= 4 is 17.0 Å². The molecule has 1 aromatic carbocycles. The molecule has 0 bridgehead atoms. The Balaban J connectivity index is 2.03. The van der Waals surface area contributed by atoms with Gasteiger partial charge in [-0.05, 0) is 24.3 Å². The Morgan fingerprint density at radius 2 is 2.11 bits per heavy atom. The van der Waals surface area contributed by atoms with Crippen LogP contribution in [0.3, 0.4) is 0 Å². The number of nitrogens with zero attached hydrogens (tertiary/aromatic N) is 2. The van der Waals surface area contributed by atoms with E-state index in [1.807, 2.05) is 40.4 Å². The van der Waals surface area contributed by atoms with Crippen molar-refractivity contribution in [3.05, 3.63) is 48.4 Å². The molecule has 98 valence electrons. The molecule has 19 heavy (non-hydrogen) atoms. The van der Waals surface area contributed by atoms with Gasteiger partial charge in [-0.15, -0.1) is 0 Å². The van der Waals surface area contributed by atoms with Crippen LogP contribution in [0, 0.1) is 0 Å². The van der Waals surface area contributed by atoms with Gasteiger partial charge >= 0.3 is 5.95 Å². The topological polar surface area (TPSA) is 68.2 Å². The van der Waals surface area contributed by atoms with Crippen LogP contribution >= 0.6 is 0 Å². The van der Waals surface area contributed by atoms with Crippen molar-refractivity contribution in [3.8, 4) is 0 Å². The normalized spacial score (nSPS) is 12.9. The van der Waals surface area contributed by atoms with Crippen LogP contribution in [0.4, 0.5) is 5.95 Å². The number of benzene rings is 1. The molecule has 0 saturated carbocycles. The van der Waals surface area contributed by atoms with E-state index in [4.69, 9.17) is 10.2 Å². The Kier molecular flexibility index (Phi) is 2.76. The summed E-state index contributed by atoms with van der Waals surface area (Å²) < 4.78 is 9.01. The van der Waals surface area contributed by atoms with Crippen LogP contribution in [-0.4, -0.2) is 9.67 Å². The van der Waals surface area contributed by atoms with Gasteiger partial charge in [0.25, 0.3) is 0 Å². The molecule has 0 unspecified atom stereocenters. The predicted molar refractivity (Wildman–Crippen MR) is 71.2 cm³/mol. The van der Waals surface area contributed by atoms with Gasteiger partial charge in [0.1, 0.15) is 29.4 Å². The zero-order valence-corrected chi connectivity index (χ0v) is 10.7. The first-order valence-electron chi connectivity index (χ1n) is 6.12. The third kappa shape index (κ3) is 1.88. The van der Waals surface area contributed by atoms with Gasteiger partial charge in [-0.25, -0.2) is 9.13 Å². The molecule has 0 amide bonds. The van der Waals surface area contributed by atoms with Crippen molar-refractivity contribution in [2.24, 2.45) is 7.05 Å². The minimum absolute atomic E-state index is 0.362. The Morgan fingerprint density at radius 3 is 2.84 bits per heavy atom. The number of anilines is 1. The number of aryl methyl sites for hydroxylation is 1. The quantitative estimate of drug-likeness (QED) is 0.697. The van der Waals surface area contributed by atoms with Crippen LogP contribution in [-0.2, 0) is 13.6 Å². The number of imidazole rings is 1. The highest BCUT2D eigenvalue weighted by Gasteiger charge is 2.22. The molecule has 0 radical (unpaired) electrons. The Bertz CT molecular complexity index is 701. The summed E-state index contributed by atoms with van der Waals surface area (Å²) in [6, 6.07) is 11.4. The molecule has 0 aliphatic heterocycles. The van der Waals surface area contributed by atoms with Crippen LogP contribution < -0.4 is 10.3 Å². The molecule has 2 heterocycles. The van der Waals surface area contributed by atoms with E-state index in [2.05, 4.69) is 0 Å². The summed E-state index contributed by atoms with van der Waals surface area (Å²) in [5.41, 5.74) is 8.13. The van der Waals surface area contributed by atoms with Gasteiger partial charge in [0.15, 0.2) is 0 Å². The smallest absolute Gasteiger partial charge is 0.355 e. The maximum Gasteiger partial charge on any atom is 0.355 e. The van der Waals surface area contributed by atoms with Crippen molar-refractivity contribution < 1.29 is 14.1 Å². The highest BCUT2D eigenvalue weighted by Crippen LogP contribution is 2.21. The fourth-order valence-electron chi connectivity index (χ4n) is 2.34. The number of aliphatic hydroxyl groups excluding tert-OH is 1. The van der Waals surface area contributed by atoms with Crippen LogP contribution in [0.15, 0.2) is 47.1 Å². The molecular formula is C14H16N3O2+. The Morgan fingerprint density at radius 1 is 1.32 bits per heavy atom.